The number of anilines is 1. The normalized spacial score (nSPS) is 12.1. The highest BCUT2D eigenvalue weighted by atomic mass is 16.2. The molecule has 1 unspecified atom stereocenters. The molecule has 2 aromatic rings. The van der Waals surface area contributed by atoms with E-state index in [2.05, 4.69) is 27.6 Å². The van der Waals surface area contributed by atoms with E-state index < -0.39 is 6.04 Å². The standard InChI is InChI=1S/C14H19N5O/c1-3-15-8-12-5-4-6-13(7-12)18-14(20)11(2)19-10-16-9-17-19/h4-7,9-11,15H,3,8H2,1-2H3,(H,18,20). The third-order valence-electron chi connectivity index (χ3n) is 2.99. The lowest BCUT2D eigenvalue weighted by Crippen LogP contribution is -2.24. The average Bonchev–Trinajstić information content (AvgIpc) is 2.98. The van der Waals surface area contributed by atoms with E-state index in [1.54, 1.807) is 6.92 Å². The summed E-state index contributed by atoms with van der Waals surface area (Å²) in [6.45, 7) is 5.55. The molecule has 2 rings (SSSR count). The molecular weight excluding hydrogens is 254 g/mol. The van der Waals surface area contributed by atoms with E-state index in [-0.39, 0.29) is 5.91 Å². The van der Waals surface area contributed by atoms with Crippen LogP contribution in [0, 0.1) is 0 Å². The zero-order valence-electron chi connectivity index (χ0n) is 11.7. The maximum atomic E-state index is 12.1. The summed E-state index contributed by atoms with van der Waals surface area (Å²) in [4.78, 5) is 16.0. The number of rotatable bonds is 6. The molecule has 0 spiro atoms. The summed E-state index contributed by atoms with van der Waals surface area (Å²) in [5.41, 5.74) is 1.93. The summed E-state index contributed by atoms with van der Waals surface area (Å²) in [6, 6.07) is 7.41. The summed E-state index contributed by atoms with van der Waals surface area (Å²) in [5.74, 6) is -0.115. The van der Waals surface area contributed by atoms with E-state index >= 15 is 0 Å². The van der Waals surface area contributed by atoms with E-state index in [1.165, 1.54) is 17.3 Å². The molecular formula is C14H19N5O. The number of hydrogen-bond acceptors (Lipinski definition) is 4. The van der Waals surface area contributed by atoms with Crippen molar-refractivity contribution in [1.82, 2.24) is 20.1 Å². The van der Waals surface area contributed by atoms with Crippen LogP contribution in [0.5, 0.6) is 0 Å². The summed E-state index contributed by atoms with van der Waals surface area (Å²) in [7, 11) is 0. The minimum absolute atomic E-state index is 0.115. The van der Waals surface area contributed by atoms with E-state index in [0.29, 0.717) is 0 Å². The molecule has 1 aromatic carbocycles. The number of amides is 1. The predicted octanol–water partition coefficient (Wildman–Crippen LogP) is 1.59. The molecule has 106 valence electrons. The molecule has 0 bridgehead atoms. The predicted molar refractivity (Wildman–Crippen MR) is 77.2 cm³/mol. The van der Waals surface area contributed by atoms with Gasteiger partial charge in [-0.15, -0.1) is 0 Å². The van der Waals surface area contributed by atoms with E-state index in [0.717, 1.165) is 24.3 Å². The molecule has 1 heterocycles. The van der Waals surface area contributed by atoms with Crippen molar-refractivity contribution in [2.45, 2.75) is 26.4 Å². The number of benzene rings is 1. The van der Waals surface area contributed by atoms with Gasteiger partial charge < -0.3 is 10.6 Å². The Balaban J connectivity index is 2.00. The van der Waals surface area contributed by atoms with Crippen molar-refractivity contribution in [3.05, 3.63) is 42.5 Å². The van der Waals surface area contributed by atoms with Gasteiger partial charge in [-0.1, -0.05) is 19.1 Å². The Kier molecular flexibility index (Phi) is 4.84. The van der Waals surface area contributed by atoms with Crippen molar-refractivity contribution in [1.29, 1.82) is 0 Å². The molecule has 0 saturated heterocycles. The third kappa shape index (κ3) is 3.64. The molecule has 0 aliphatic heterocycles. The molecule has 0 aliphatic carbocycles. The molecule has 6 heteroatoms. The third-order valence-corrected chi connectivity index (χ3v) is 2.99. The first-order valence-corrected chi connectivity index (χ1v) is 6.65. The van der Waals surface area contributed by atoms with Crippen LogP contribution in [-0.4, -0.2) is 27.2 Å². The molecule has 6 nitrogen and oxygen atoms in total. The van der Waals surface area contributed by atoms with Crippen LogP contribution < -0.4 is 10.6 Å². The van der Waals surface area contributed by atoms with Crippen molar-refractivity contribution in [3.63, 3.8) is 0 Å². The number of nitrogens with zero attached hydrogens (tertiary/aromatic N) is 3. The molecule has 0 radical (unpaired) electrons. The van der Waals surface area contributed by atoms with Gasteiger partial charge in [0.05, 0.1) is 0 Å². The van der Waals surface area contributed by atoms with Crippen LogP contribution in [-0.2, 0) is 11.3 Å². The van der Waals surface area contributed by atoms with Crippen LogP contribution in [0.4, 0.5) is 5.69 Å². The zero-order valence-corrected chi connectivity index (χ0v) is 11.7. The van der Waals surface area contributed by atoms with Crippen molar-refractivity contribution in [3.8, 4) is 0 Å². The molecule has 0 saturated carbocycles. The highest BCUT2D eigenvalue weighted by Gasteiger charge is 2.15. The fourth-order valence-electron chi connectivity index (χ4n) is 1.81. The second-order valence-corrected chi connectivity index (χ2v) is 4.52. The Labute approximate surface area is 118 Å². The summed E-state index contributed by atoms with van der Waals surface area (Å²) < 4.78 is 1.53. The van der Waals surface area contributed by atoms with Gasteiger partial charge in [0.25, 0.3) is 0 Å². The molecule has 1 atom stereocenters. The first kappa shape index (κ1) is 14.2. The Bertz CT molecular complexity index is 552. The number of nitrogens with one attached hydrogen (secondary N) is 2. The number of carbonyl (C=O) groups excluding carboxylic acids is 1. The number of aromatic nitrogens is 3. The number of hydrogen-bond donors (Lipinski definition) is 2. The van der Waals surface area contributed by atoms with Crippen LogP contribution in [0.15, 0.2) is 36.9 Å². The molecule has 1 amide bonds. The number of carbonyl (C=O) groups is 1. The topological polar surface area (TPSA) is 71.8 Å². The average molecular weight is 273 g/mol. The largest absolute Gasteiger partial charge is 0.324 e. The van der Waals surface area contributed by atoms with Crippen LogP contribution in [0.1, 0.15) is 25.5 Å². The Morgan fingerprint density at radius 3 is 3.00 bits per heavy atom. The van der Waals surface area contributed by atoms with Gasteiger partial charge in [0.2, 0.25) is 5.91 Å². The minimum Gasteiger partial charge on any atom is -0.324 e. The van der Waals surface area contributed by atoms with Gasteiger partial charge in [0.1, 0.15) is 18.7 Å². The zero-order chi connectivity index (χ0) is 14.4. The maximum absolute atomic E-state index is 12.1. The quantitative estimate of drug-likeness (QED) is 0.838. The van der Waals surface area contributed by atoms with Crippen LogP contribution in [0.25, 0.3) is 0 Å². The smallest absolute Gasteiger partial charge is 0.249 e. The Morgan fingerprint density at radius 1 is 1.45 bits per heavy atom. The lowest BCUT2D eigenvalue weighted by atomic mass is 10.2. The van der Waals surface area contributed by atoms with E-state index in [9.17, 15) is 4.79 Å². The van der Waals surface area contributed by atoms with Gasteiger partial charge >= 0.3 is 0 Å². The summed E-state index contributed by atoms with van der Waals surface area (Å²) in [6.07, 6.45) is 2.95. The van der Waals surface area contributed by atoms with Gasteiger partial charge in [-0.2, -0.15) is 5.10 Å². The summed E-state index contributed by atoms with van der Waals surface area (Å²) in [5, 5.41) is 10.1. The molecule has 1 aromatic heterocycles. The lowest BCUT2D eigenvalue weighted by molar-refractivity contribution is -0.119. The van der Waals surface area contributed by atoms with Gasteiger partial charge in [-0.05, 0) is 31.2 Å². The van der Waals surface area contributed by atoms with Crippen LogP contribution >= 0.6 is 0 Å². The fraction of sp³-hybridized carbons (Fsp3) is 0.357. The van der Waals surface area contributed by atoms with Crippen LogP contribution in [0.3, 0.4) is 0 Å². The van der Waals surface area contributed by atoms with Gasteiger partial charge in [-0.3, -0.25) is 4.79 Å². The lowest BCUT2D eigenvalue weighted by Gasteiger charge is -2.13. The van der Waals surface area contributed by atoms with Crippen molar-refractivity contribution < 1.29 is 4.79 Å². The second-order valence-electron chi connectivity index (χ2n) is 4.52. The Hall–Kier alpha value is -2.21. The second kappa shape index (κ2) is 6.81. The molecule has 0 fully saturated rings. The SMILES string of the molecule is CCNCc1cccc(NC(=O)C(C)n2cncn2)c1. The van der Waals surface area contributed by atoms with E-state index in [4.69, 9.17) is 0 Å². The highest BCUT2D eigenvalue weighted by Crippen LogP contribution is 2.13. The van der Waals surface area contributed by atoms with Gasteiger partial charge in [0, 0.05) is 12.2 Å². The highest BCUT2D eigenvalue weighted by molar-refractivity contribution is 5.93. The van der Waals surface area contributed by atoms with E-state index in [1.807, 2.05) is 24.3 Å². The summed E-state index contributed by atoms with van der Waals surface area (Å²) >= 11 is 0. The maximum Gasteiger partial charge on any atom is 0.249 e. The first-order chi connectivity index (χ1) is 9.70. The molecule has 2 N–H and O–H groups in total. The fourth-order valence-corrected chi connectivity index (χ4v) is 1.81. The minimum atomic E-state index is -0.394. The monoisotopic (exact) mass is 273 g/mol. The van der Waals surface area contributed by atoms with Crippen LogP contribution in [0.2, 0.25) is 0 Å². The van der Waals surface area contributed by atoms with Crippen molar-refractivity contribution in [2.75, 3.05) is 11.9 Å². The molecule has 0 aliphatic rings. The Morgan fingerprint density at radius 2 is 2.30 bits per heavy atom. The van der Waals surface area contributed by atoms with Gasteiger partial charge in [0.15, 0.2) is 0 Å². The first-order valence-electron chi connectivity index (χ1n) is 6.65. The van der Waals surface area contributed by atoms with Crippen molar-refractivity contribution >= 4 is 11.6 Å². The van der Waals surface area contributed by atoms with Crippen molar-refractivity contribution in [2.24, 2.45) is 0 Å². The molecule has 20 heavy (non-hydrogen) atoms. The van der Waals surface area contributed by atoms with Gasteiger partial charge in [-0.25, -0.2) is 9.67 Å².